The van der Waals surface area contributed by atoms with Gasteiger partial charge in [0, 0.05) is 32.7 Å². The molecule has 2 saturated heterocycles. The van der Waals surface area contributed by atoms with Crippen molar-refractivity contribution in [1.29, 1.82) is 0 Å². The van der Waals surface area contributed by atoms with E-state index in [1.54, 1.807) is 4.90 Å². The van der Waals surface area contributed by atoms with Crippen LogP contribution in [0.2, 0.25) is 0 Å². The van der Waals surface area contributed by atoms with E-state index in [2.05, 4.69) is 22.0 Å². The Morgan fingerprint density at radius 1 is 0.700 bits per heavy atom. The largest absolute Gasteiger partial charge is 0.301 e. The van der Waals surface area contributed by atoms with Crippen LogP contribution in [0.1, 0.15) is 30.0 Å². The van der Waals surface area contributed by atoms with Crippen LogP contribution in [0.15, 0.2) is 60.7 Å². The van der Waals surface area contributed by atoms with E-state index in [0.29, 0.717) is 18.4 Å². The molecule has 6 aliphatic rings. The highest BCUT2D eigenvalue weighted by Crippen LogP contribution is 2.65. The van der Waals surface area contributed by atoms with Gasteiger partial charge in [-0.3, -0.25) is 19.4 Å². The third-order valence-electron chi connectivity index (χ3n) is 9.75. The molecule has 2 amide bonds. The highest BCUT2D eigenvalue weighted by molar-refractivity contribution is 6.06. The molecule has 0 N–H and O–H groups in total. The summed E-state index contributed by atoms with van der Waals surface area (Å²) in [6, 6.07) is 13.1. The van der Waals surface area contributed by atoms with Gasteiger partial charge < -0.3 is 4.90 Å². The number of nitrogens with zero attached hydrogens (tertiary/aromatic N) is 3. The van der Waals surface area contributed by atoms with Crippen LogP contribution in [0.5, 0.6) is 0 Å². The topological polar surface area (TPSA) is 43.9 Å². The van der Waals surface area contributed by atoms with Crippen LogP contribution in [-0.4, -0.2) is 65.8 Å². The van der Waals surface area contributed by atoms with Gasteiger partial charge >= 0.3 is 0 Å². The number of allylic oxidation sites excluding steroid dienone is 2. The minimum atomic E-state index is -0.272. The molecule has 8 rings (SSSR count). The maximum atomic E-state index is 13.6. The van der Waals surface area contributed by atoms with Gasteiger partial charge in [0.2, 0.25) is 11.8 Å². The smallest absolute Gasteiger partial charge is 0.233 e. The number of piperazine rings is 1. The molecule has 6 unspecified atom stereocenters. The van der Waals surface area contributed by atoms with Crippen molar-refractivity contribution in [3.8, 4) is 0 Å². The quantitative estimate of drug-likeness (QED) is 0.338. The highest BCUT2D eigenvalue weighted by atomic mass is 35.5. The zero-order valence-electron chi connectivity index (χ0n) is 22.2. The summed E-state index contributed by atoms with van der Waals surface area (Å²) in [6.07, 6.45) is 6.41. The van der Waals surface area contributed by atoms with Gasteiger partial charge in [0.15, 0.2) is 0 Å². The van der Waals surface area contributed by atoms with Crippen LogP contribution in [0, 0.1) is 47.1 Å². The summed E-state index contributed by atoms with van der Waals surface area (Å²) >= 11 is 0. The number of halogens is 4. The van der Waals surface area contributed by atoms with Crippen LogP contribution >= 0.6 is 24.8 Å². The molecular weight excluding hydrogens is 555 g/mol. The van der Waals surface area contributed by atoms with Crippen LogP contribution in [0.25, 0.3) is 0 Å². The molecular formula is C31H35Cl2F2N3O2. The Hall–Kier alpha value is -2.32. The first-order chi connectivity index (χ1) is 18.5. The molecule has 5 nitrogen and oxygen atoms in total. The van der Waals surface area contributed by atoms with Crippen molar-refractivity contribution in [2.24, 2.45) is 35.5 Å². The van der Waals surface area contributed by atoms with E-state index in [1.165, 1.54) is 30.7 Å². The number of hydrogen-bond donors (Lipinski definition) is 0. The van der Waals surface area contributed by atoms with Gasteiger partial charge in [0.1, 0.15) is 11.6 Å². The van der Waals surface area contributed by atoms with E-state index in [4.69, 9.17) is 0 Å². The van der Waals surface area contributed by atoms with Gasteiger partial charge in [-0.05, 0) is 78.5 Å². The lowest BCUT2D eigenvalue weighted by Gasteiger charge is -2.40. The Labute approximate surface area is 246 Å². The summed E-state index contributed by atoms with van der Waals surface area (Å²) < 4.78 is 27.2. The molecule has 6 atom stereocenters. The fourth-order valence-electron chi connectivity index (χ4n) is 7.84. The molecule has 0 aromatic heterocycles. The molecule has 214 valence electrons. The van der Waals surface area contributed by atoms with Gasteiger partial charge in [0.05, 0.1) is 17.9 Å². The van der Waals surface area contributed by atoms with Crippen molar-refractivity contribution in [3.63, 3.8) is 0 Å². The minimum Gasteiger partial charge on any atom is -0.301 e. The molecule has 9 heteroatoms. The van der Waals surface area contributed by atoms with E-state index in [-0.39, 0.29) is 78.0 Å². The lowest BCUT2D eigenvalue weighted by molar-refractivity contribution is -0.140. The van der Waals surface area contributed by atoms with E-state index in [1.807, 2.05) is 24.3 Å². The van der Waals surface area contributed by atoms with Gasteiger partial charge in [0.25, 0.3) is 0 Å². The average molecular weight is 591 g/mol. The second-order valence-electron chi connectivity index (χ2n) is 11.7. The van der Waals surface area contributed by atoms with Crippen molar-refractivity contribution >= 4 is 36.6 Å². The molecule has 4 fully saturated rings. The summed E-state index contributed by atoms with van der Waals surface area (Å²) in [6.45, 7) is 4.72. The summed E-state index contributed by atoms with van der Waals surface area (Å²) in [7, 11) is 0. The van der Waals surface area contributed by atoms with E-state index < -0.39 is 0 Å². The Morgan fingerprint density at radius 3 is 1.65 bits per heavy atom. The normalized spacial score (nSPS) is 30.6. The number of carbonyl (C=O) groups is 2. The monoisotopic (exact) mass is 589 g/mol. The van der Waals surface area contributed by atoms with Crippen molar-refractivity contribution in [1.82, 2.24) is 14.7 Å². The fourth-order valence-corrected chi connectivity index (χ4v) is 7.84. The lowest BCUT2D eigenvalue weighted by atomic mass is 9.63. The molecule has 4 aliphatic carbocycles. The Bertz CT molecular complexity index is 1180. The third-order valence-corrected chi connectivity index (χ3v) is 9.75. The van der Waals surface area contributed by atoms with Crippen LogP contribution in [0.4, 0.5) is 8.78 Å². The van der Waals surface area contributed by atoms with Crippen molar-refractivity contribution in [2.45, 2.75) is 18.9 Å². The molecule has 2 bridgehead atoms. The van der Waals surface area contributed by atoms with E-state index >= 15 is 0 Å². The average Bonchev–Trinajstić information content (AvgIpc) is 3.72. The zero-order valence-corrected chi connectivity index (χ0v) is 23.8. The summed E-state index contributed by atoms with van der Waals surface area (Å²) in [5.41, 5.74) is 1.97. The number of amides is 2. The van der Waals surface area contributed by atoms with Crippen LogP contribution in [-0.2, 0) is 9.59 Å². The minimum absolute atomic E-state index is 0. The molecule has 0 radical (unpaired) electrons. The molecule has 2 saturated carbocycles. The molecule has 2 heterocycles. The highest BCUT2D eigenvalue weighted by Gasteiger charge is 2.66. The first-order valence-corrected chi connectivity index (χ1v) is 14.0. The van der Waals surface area contributed by atoms with Gasteiger partial charge in [-0.2, -0.15) is 0 Å². The lowest BCUT2D eigenvalue weighted by Crippen LogP contribution is -2.48. The Kier molecular flexibility index (Phi) is 8.40. The standard InChI is InChI=1S/C31H33F2N3O2.2ClH/c32-21-6-2-19(3-7-21)29(20-4-8-22(33)9-5-20)35-16-14-34(15-17-35)12-1-13-36-30(37)27-23-10-11-24(26-18-25(23)26)28(27)31(36)38;;/h2-11,23-29H,1,12-18H2;2*1H. The van der Waals surface area contributed by atoms with E-state index in [0.717, 1.165) is 50.3 Å². The van der Waals surface area contributed by atoms with Crippen LogP contribution < -0.4 is 0 Å². The SMILES string of the molecule is Cl.Cl.O=C1C2C3C=CC(C4CC34)C2C(=O)N1CCCN1CCN(C(c2ccc(F)cc2)c2ccc(F)cc2)CC1. The number of benzene rings is 2. The molecule has 2 aromatic rings. The fraction of sp³-hybridized carbons (Fsp3) is 0.484. The molecule has 2 aliphatic heterocycles. The number of carbonyl (C=O) groups excluding carboxylic acids is 2. The number of imide groups is 1. The van der Waals surface area contributed by atoms with Gasteiger partial charge in [-0.1, -0.05) is 36.4 Å². The number of likely N-dealkylation sites (tertiary alicyclic amines) is 1. The maximum Gasteiger partial charge on any atom is 0.233 e. The summed E-state index contributed by atoms with van der Waals surface area (Å²) in [5.74, 6) is 1.18. The third kappa shape index (κ3) is 5.00. The Morgan fingerprint density at radius 2 is 1.18 bits per heavy atom. The maximum absolute atomic E-state index is 13.6. The zero-order chi connectivity index (χ0) is 26.0. The number of hydrogen-bond acceptors (Lipinski definition) is 4. The predicted molar refractivity (Wildman–Crippen MR) is 153 cm³/mol. The van der Waals surface area contributed by atoms with Crippen molar-refractivity contribution in [2.75, 3.05) is 39.3 Å². The Balaban J connectivity index is 0.00000161. The first kappa shape index (κ1) is 29.2. The molecule has 0 spiro atoms. The predicted octanol–water partition coefficient (Wildman–Crippen LogP) is 4.96. The van der Waals surface area contributed by atoms with Gasteiger partial charge in [-0.25, -0.2) is 8.78 Å². The second kappa shape index (κ2) is 11.5. The first-order valence-electron chi connectivity index (χ1n) is 14.0. The number of rotatable bonds is 7. The van der Waals surface area contributed by atoms with Crippen molar-refractivity contribution < 1.29 is 18.4 Å². The van der Waals surface area contributed by atoms with Crippen LogP contribution in [0.3, 0.4) is 0 Å². The van der Waals surface area contributed by atoms with E-state index in [9.17, 15) is 18.4 Å². The second-order valence-corrected chi connectivity index (χ2v) is 11.7. The summed E-state index contributed by atoms with van der Waals surface area (Å²) in [4.78, 5) is 32.8. The molecule has 40 heavy (non-hydrogen) atoms. The van der Waals surface area contributed by atoms with Crippen molar-refractivity contribution in [3.05, 3.63) is 83.4 Å². The van der Waals surface area contributed by atoms with Gasteiger partial charge in [-0.15, -0.1) is 24.8 Å². The molecule has 2 aromatic carbocycles. The summed E-state index contributed by atoms with van der Waals surface area (Å²) in [5, 5.41) is 0.